The molecule has 0 saturated heterocycles. The fourth-order valence-electron chi connectivity index (χ4n) is 0.758. The van der Waals surface area contributed by atoms with Crippen LogP contribution in [0.5, 0.6) is 0 Å². The zero-order valence-corrected chi connectivity index (χ0v) is 8.91. The van der Waals surface area contributed by atoms with Crippen molar-refractivity contribution in [2.24, 2.45) is 5.92 Å². The van der Waals surface area contributed by atoms with Crippen molar-refractivity contribution < 1.29 is 4.79 Å². The monoisotopic (exact) mass is 200 g/mol. The van der Waals surface area contributed by atoms with Crippen LogP contribution < -0.4 is 10.6 Å². The predicted octanol–water partition coefficient (Wildman–Crippen LogP) is 1.21. The minimum atomic E-state index is -0.0448. The summed E-state index contributed by atoms with van der Waals surface area (Å²) in [4.78, 5) is 11.2. The lowest BCUT2D eigenvalue weighted by Gasteiger charge is -2.08. The van der Waals surface area contributed by atoms with E-state index in [2.05, 4.69) is 17.2 Å². The van der Waals surface area contributed by atoms with E-state index in [0.717, 1.165) is 0 Å². The topological polar surface area (TPSA) is 41.1 Å². The van der Waals surface area contributed by atoms with Crippen LogP contribution in [0.1, 0.15) is 20.3 Å². The van der Waals surface area contributed by atoms with Gasteiger partial charge in [0.05, 0.1) is 0 Å². The minimum absolute atomic E-state index is 0.0448. The molecule has 0 aromatic carbocycles. The van der Waals surface area contributed by atoms with Crippen molar-refractivity contribution in [3.8, 4) is 0 Å². The van der Waals surface area contributed by atoms with E-state index in [9.17, 15) is 4.79 Å². The lowest BCUT2D eigenvalue weighted by molar-refractivity contribution is -0.120. The fourth-order valence-corrected chi connectivity index (χ4v) is 0.955. The molecule has 0 aliphatic rings. The molecule has 74 valence electrons. The van der Waals surface area contributed by atoms with Gasteiger partial charge < -0.3 is 10.6 Å². The highest BCUT2D eigenvalue weighted by atomic mass is 32.1. The summed E-state index contributed by atoms with van der Waals surface area (Å²) < 4.78 is 0. The summed E-state index contributed by atoms with van der Waals surface area (Å²) in [5, 5.41) is 5.76. The Labute approximate surface area is 84.6 Å². The van der Waals surface area contributed by atoms with Crippen LogP contribution in [0.15, 0.2) is 12.7 Å². The Morgan fingerprint density at radius 1 is 1.62 bits per heavy atom. The van der Waals surface area contributed by atoms with Gasteiger partial charge in [0.1, 0.15) is 0 Å². The van der Waals surface area contributed by atoms with Crippen LogP contribution in [-0.2, 0) is 4.79 Å². The first-order valence-corrected chi connectivity index (χ1v) is 4.65. The van der Waals surface area contributed by atoms with Crippen LogP contribution in [-0.4, -0.2) is 17.6 Å². The predicted molar refractivity (Wildman–Crippen MR) is 58.4 cm³/mol. The lowest BCUT2D eigenvalue weighted by Crippen LogP contribution is -2.39. The van der Waals surface area contributed by atoms with Gasteiger partial charge in [-0.05, 0) is 18.1 Å². The van der Waals surface area contributed by atoms with E-state index in [0.29, 0.717) is 24.0 Å². The molecule has 0 radical (unpaired) electrons. The van der Waals surface area contributed by atoms with Crippen LogP contribution in [0.25, 0.3) is 0 Å². The first kappa shape index (κ1) is 12.1. The van der Waals surface area contributed by atoms with Gasteiger partial charge in [-0.1, -0.05) is 19.9 Å². The summed E-state index contributed by atoms with van der Waals surface area (Å²) in [6, 6.07) is 0. The number of rotatable bonds is 4. The minimum Gasteiger partial charge on any atom is -0.359 e. The third-order valence-corrected chi connectivity index (χ3v) is 1.50. The van der Waals surface area contributed by atoms with Crippen LogP contribution in [0, 0.1) is 5.92 Å². The van der Waals surface area contributed by atoms with Gasteiger partial charge in [0.25, 0.3) is 0 Å². The van der Waals surface area contributed by atoms with E-state index in [-0.39, 0.29) is 5.91 Å². The van der Waals surface area contributed by atoms with Crippen molar-refractivity contribution in [1.29, 1.82) is 0 Å². The number of hydrogen-bond donors (Lipinski definition) is 2. The van der Waals surface area contributed by atoms with Gasteiger partial charge in [-0.15, -0.1) is 6.58 Å². The smallest absolute Gasteiger partial charge is 0.226 e. The second-order valence-electron chi connectivity index (χ2n) is 3.14. The molecule has 0 atom stereocenters. The van der Waals surface area contributed by atoms with Crippen LogP contribution in [0.2, 0.25) is 0 Å². The highest BCUT2D eigenvalue weighted by Crippen LogP contribution is 1.97. The number of carbonyl (C=O) groups is 1. The normalized spacial score (nSPS) is 9.46. The lowest BCUT2D eigenvalue weighted by atomic mass is 10.1. The van der Waals surface area contributed by atoms with E-state index in [1.807, 2.05) is 13.8 Å². The van der Waals surface area contributed by atoms with Gasteiger partial charge in [-0.2, -0.15) is 0 Å². The van der Waals surface area contributed by atoms with Gasteiger partial charge in [0, 0.05) is 13.0 Å². The molecule has 0 saturated carbocycles. The quantitative estimate of drug-likeness (QED) is 0.529. The Bertz CT molecular complexity index is 202. The van der Waals surface area contributed by atoms with Crippen LogP contribution in [0.3, 0.4) is 0 Å². The summed E-state index contributed by atoms with van der Waals surface area (Å²) in [6.07, 6.45) is 2.18. The van der Waals surface area contributed by atoms with Crippen LogP contribution in [0.4, 0.5) is 0 Å². The molecule has 0 fully saturated rings. The Hall–Kier alpha value is -0.900. The Morgan fingerprint density at radius 3 is 2.69 bits per heavy atom. The Kier molecular flexibility index (Phi) is 6.14. The van der Waals surface area contributed by atoms with Crippen molar-refractivity contribution in [2.75, 3.05) is 6.54 Å². The molecular formula is C9H16N2OS. The van der Waals surface area contributed by atoms with E-state index >= 15 is 0 Å². The molecule has 2 N–H and O–H groups in total. The van der Waals surface area contributed by atoms with E-state index in [4.69, 9.17) is 12.2 Å². The first-order chi connectivity index (χ1) is 6.06. The molecule has 0 aliphatic carbocycles. The molecule has 1 amide bonds. The molecule has 0 heterocycles. The molecule has 0 spiro atoms. The fraction of sp³-hybridized carbons (Fsp3) is 0.556. The van der Waals surface area contributed by atoms with Crippen LogP contribution >= 0.6 is 12.2 Å². The largest absolute Gasteiger partial charge is 0.359 e. The summed E-state index contributed by atoms with van der Waals surface area (Å²) in [5.41, 5.74) is 0. The van der Waals surface area contributed by atoms with Gasteiger partial charge in [-0.3, -0.25) is 4.79 Å². The van der Waals surface area contributed by atoms with Crippen molar-refractivity contribution in [1.82, 2.24) is 10.6 Å². The van der Waals surface area contributed by atoms with E-state index in [1.54, 1.807) is 6.08 Å². The van der Waals surface area contributed by atoms with Gasteiger partial charge in [-0.25, -0.2) is 0 Å². The van der Waals surface area contributed by atoms with Crippen molar-refractivity contribution in [3.63, 3.8) is 0 Å². The van der Waals surface area contributed by atoms with Crippen molar-refractivity contribution >= 4 is 23.2 Å². The summed E-state index contributed by atoms with van der Waals surface area (Å²) in [7, 11) is 0. The summed E-state index contributed by atoms with van der Waals surface area (Å²) in [6.45, 7) is 8.07. The zero-order chi connectivity index (χ0) is 10.3. The molecule has 4 heteroatoms. The molecule has 0 aromatic heterocycles. The maximum absolute atomic E-state index is 11.2. The van der Waals surface area contributed by atoms with E-state index in [1.165, 1.54) is 0 Å². The highest BCUT2D eigenvalue weighted by Gasteiger charge is 2.05. The zero-order valence-electron chi connectivity index (χ0n) is 8.09. The molecular weight excluding hydrogens is 184 g/mol. The maximum atomic E-state index is 11.2. The van der Waals surface area contributed by atoms with Crippen molar-refractivity contribution in [2.45, 2.75) is 20.3 Å². The SMILES string of the molecule is C=CCNC(=S)NC(=O)CC(C)C. The van der Waals surface area contributed by atoms with Crippen molar-refractivity contribution in [3.05, 3.63) is 12.7 Å². The molecule has 3 nitrogen and oxygen atoms in total. The summed E-state index contributed by atoms with van der Waals surface area (Å²) >= 11 is 4.86. The van der Waals surface area contributed by atoms with Gasteiger partial charge in [0.15, 0.2) is 5.11 Å². The first-order valence-electron chi connectivity index (χ1n) is 4.24. The second-order valence-corrected chi connectivity index (χ2v) is 3.55. The number of thiocarbonyl (C=S) groups is 1. The maximum Gasteiger partial charge on any atom is 0.226 e. The number of carbonyl (C=O) groups excluding carboxylic acids is 1. The molecule has 13 heavy (non-hydrogen) atoms. The van der Waals surface area contributed by atoms with Gasteiger partial charge >= 0.3 is 0 Å². The second kappa shape index (κ2) is 6.60. The molecule has 0 rings (SSSR count). The van der Waals surface area contributed by atoms with Gasteiger partial charge in [0.2, 0.25) is 5.91 Å². The third-order valence-electron chi connectivity index (χ3n) is 1.25. The third kappa shape index (κ3) is 7.46. The molecule has 0 aromatic rings. The number of hydrogen-bond acceptors (Lipinski definition) is 2. The highest BCUT2D eigenvalue weighted by molar-refractivity contribution is 7.80. The molecule has 0 unspecified atom stereocenters. The standard InChI is InChI=1S/C9H16N2OS/c1-4-5-10-9(13)11-8(12)6-7(2)3/h4,7H,1,5-6H2,2-3H3,(H2,10,11,12,13). The average Bonchev–Trinajstić information content (AvgIpc) is 1.98. The molecule has 0 aliphatic heterocycles. The average molecular weight is 200 g/mol. The Balaban J connectivity index is 3.65. The number of nitrogens with one attached hydrogen (secondary N) is 2. The molecule has 0 bridgehead atoms. The number of amides is 1. The van der Waals surface area contributed by atoms with E-state index < -0.39 is 0 Å². The summed E-state index contributed by atoms with van der Waals surface area (Å²) in [5.74, 6) is 0.304. The Morgan fingerprint density at radius 2 is 2.23 bits per heavy atom.